The second kappa shape index (κ2) is 6.50. The molecule has 27 heavy (non-hydrogen) atoms. The number of carbonyl (C=O) groups is 2. The van der Waals surface area contributed by atoms with Crippen molar-refractivity contribution in [2.75, 3.05) is 0 Å². The number of hydrazone groups is 1. The number of nitrogens with zero attached hydrogens (tertiary/aromatic N) is 2. The summed E-state index contributed by atoms with van der Waals surface area (Å²) < 4.78 is 0. The first kappa shape index (κ1) is 16.5. The van der Waals surface area contributed by atoms with Crippen LogP contribution in [0.2, 0.25) is 0 Å². The molecule has 5 rings (SSSR count). The molecule has 1 aliphatic heterocycles. The Labute approximate surface area is 162 Å². The highest BCUT2D eigenvalue weighted by atomic mass is 32.2. The molecule has 0 aromatic heterocycles. The van der Waals surface area contributed by atoms with E-state index in [1.165, 1.54) is 4.90 Å². The molecule has 3 aliphatic rings. The summed E-state index contributed by atoms with van der Waals surface area (Å²) in [7, 11) is 0. The van der Waals surface area contributed by atoms with Crippen LogP contribution in [0.15, 0.2) is 81.6 Å². The molecule has 0 spiro atoms. The summed E-state index contributed by atoms with van der Waals surface area (Å²) in [5, 5.41) is 5.31. The molecule has 2 amide bonds. The maximum Gasteiger partial charge on any atom is 0.254 e. The third kappa shape index (κ3) is 2.82. The number of amides is 2. The van der Waals surface area contributed by atoms with Crippen LogP contribution in [-0.2, 0) is 9.59 Å². The number of rotatable bonds is 4. The average molecular weight is 374 g/mol. The molecule has 1 saturated heterocycles. The molecule has 0 N–H and O–H groups in total. The molecule has 2 aromatic carbocycles. The Balaban J connectivity index is 1.29. The molecular formula is C22H18N2O2S. The lowest BCUT2D eigenvalue weighted by atomic mass is 9.85. The third-order valence-corrected chi connectivity index (χ3v) is 6.64. The van der Waals surface area contributed by atoms with Gasteiger partial charge < -0.3 is 0 Å². The normalized spacial score (nSPS) is 28.5. The fourth-order valence-corrected chi connectivity index (χ4v) is 5.21. The fourth-order valence-electron chi connectivity index (χ4n) is 4.37. The maximum atomic E-state index is 12.6. The van der Waals surface area contributed by atoms with Gasteiger partial charge in [-0.3, -0.25) is 9.59 Å². The van der Waals surface area contributed by atoms with Gasteiger partial charge in [-0.1, -0.05) is 54.2 Å². The number of fused-ring (bicyclic) bond motifs is 5. The summed E-state index contributed by atoms with van der Waals surface area (Å²) in [6.45, 7) is 0. The largest absolute Gasteiger partial charge is 0.272 e. The molecule has 4 atom stereocenters. The number of hydrogen-bond acceptors (Lipinski definition) is 4. The molecule has 0 radical (unpaired) electrons. The third-order valence-electron chi connectivity index (χ3n) is 5.63. The van der Waals surface area contributed by atoms with Gasteiger partial charge in [-0.2, -0.15) is 10.1 Å². The summed E-state index contributed by atoms with van der Waals surface area (Å²) in [6, 6.07) is 18.1. The second-order valence-electron chi connectivity index (χ2n) is 7.22. The van der Waals surface area contributed by atoms with Crippen molar-refractivity contribution in [1.29, 1.82) is 0 Å². The van der Waals surface area contributed by atoms with E-state index in [-0.39, 0.29) is 35.5 Å². The van der Waals surface area contributed by atoms with Crippen LogP contribution in [0, 0.1) is 23.7 Å². The Kier molecular flexibility index (Phi) is 3.97. The summed E-state index contributed by atoms with van der Waals surface area (Å²) in [5.41, 5.74) is 0.867. The van der Waals surface area contributed by atoms with E-state index < -0.39 is 0 Å². The zero-order valence-corrected chi connectivity index (χ0v) is 15.4. The number of hydrogen-bond donors (Lipinski definition) is 0. The number of benzene rings is 2. The highest BCUT2D eigenvalue weighted by Gasteiger charge is 2.59. The van der Waals surface area contributed by atoms with Gasteiger partial charge in [0.25, 0.3) is 11.8 Å². The van der Waals surface area contributed by atoms with Gasteiger partial charge in [0.1, 0.15) is 0 Å². The minimum atomic E-state index is -0.200. The molecule has 4 unspecified atom stereocenters. The zero-order chi connectivity index (χ0) is 18.4. The van der Waals surface area contributed by atoms with E-state index in [1.54, 1.807) is 18.0 Å². The summed E-state index contributed by atoms with van der Waals surface area (Å²) in [6.07, 6.45) is 6.72. The first-order valence-corrected chi connectivity index (χ1v) is 9.95. The van der Waals surface area contributed by atoms with Gasteiger partial charge in [-0.25, -0.2) is 0 Å². The smallest absolute Gasteiger partial charge is 0.254 e. The van der Waals surface area contributed by atoms with E-state index in [1.807, 2.05) is 42.5 Å². The van der Waals surface area contributed by atoms with Crippen molar-refractivity contribution in [2.24, 2.45) is 28.8 Å². The van der Waals surface area contributed by atoms with Crippen molar-refractivity contribution < 1.29 is 9.59 Å². The predicted molar refractivity (Wildman–Crippen MR) is 104 cm³/mol. The minimum Gasteiger partial charge on any atom is -0.272 e. The van der Waals surface area contributed by atoms with Crippen molar-refractivity contribution in [1.82, 2.24) is 5.01 Å². The van der Waals surface area contributed by atoms with Crippen LogP contribution in [0.3, 0.4) is 0 Å². The fraction of sp³-hybridized carbons (Fsp3) is 0.227. The van der Waals surface area contributed by atoms with Crippen molar-refractivity contribution in [3.63, 3.8) is 0 Å². The highest BCUT2D eigenvalue weighted by molar-refractivity contribution is 7.99. The standard InChI is InChI=1S/C22H18N2O2S/c25-21-19-15-8-9-16(12-15)20(19)22(26)24(21)23-13-14-6-10-18(11-7-14)27-17-4-2-1-3-5-17/h1-11,13,15-16,19-20H,12H2. The van der Waals surface area contributed by atoms with Crippen LogP contribution in [-0.4, -0.2) is 23.0 Å². The van der Waals surface area contributed by atoms with E-state index in [9.17, 15) is 9.59 Å². The van der Waals surface area contributed by atoms with Crippen LogP contribution in [0.25, 0.3) is 0 Å². The van der Waals surface area contributed by atoms with E-state index in [0.717, 1.165) is 21.9 Å². The predicted octanol–water partition coefficient (Wildman–Crippen LogP) is 3.98. The molecule has 4 nitrogen and oxygen atoms in total. The monoisotopic (exact) mass is 374 g/mol. The van der Waals surface area contributed by atoms with E-state index in [0.29, 0.717) is 0 Å². The van der Waals surface area contributed by atoms with Crippen LogP contribution in [0.4, 0.5) is 0 Å². The lowest BCUT2D eigenvalue weighted by molar-refractivity contribution is -0.140. The first-order valence-electron chi connectivity index (χ1n) is 9.14. The molecular weight excluding hydrogens is 356 g/mol. The minimum absolute atomic E-state index is 0.144. The SMILES string of the molecule is O=C1C2C3C=CC(C3)C2C(=O)N1N=Cc1ccc(Sc2ccccc2)cc1. The Morgan fingerprint density at radius 1 is 0.852 bits per heavy atom. The molecule has 1 heterocycles. The zero-order valence-electron chi connectivity index (χ0n) is 14.6. The van der Waals surface area contributed by atoms with Crippen molar-refractivity contribution in [3.8, 4) is 0 Å². The number of carbonyl (C=O) groups excluding carboxylic acids is 2. The second-order valence-corrected chi connectivity index (χ2v) is 8.36. The van der Waals surface area contributed by atoms with Gasteiger partial charge in [0.05, 0.1) is 18.1 Å². The highest BCUT2D eigenvalue weighted by Crippen LogP contribution is 2.52. The van der Waals surface area contributed by atoms with Crippen LogP contribution >= 0.6 is 11.8 Å². The van der Waals surface area contributed by atoms with Crippen molar-refractivity contribution in [2.45, 2.75) is 16.2 Å². The average Bonchev–Trinajstić information content (AvgIpc) is 3.37. The lowest BCUT2D eigenvalue weighted by Crippen LogP contribution is -2.28. The van der Waals surface area contributed by atoms with Gasteiger partial charge in [-0.05, 0) is 48.1 Å². The van der Waals surface area contributed by atoms with Crippen molar-refractivity contribution >= 4 is 29.8 Å². The van der Waals surface area contributed by atoms with Gasteiger partial charge in [0, 0.05) is 9.79 Å². The number of imide groups is 1. The molecule has 2 aromatic rings. The van der Waals surface area contributed by atoms with Gasteiger partial charge >= 0.3 is 0 Å². The van der Waals surface area contributed by atoms with E-state index in [2.05, 4.69) is 29.4 Å². The Morgan fingerprint density at radius 3 is 2.07 bits per heavy atom. The summed E-state index contributed by atoms with van der Waals surface area (Å²) in [4.78, 5) is 27.6. The molecule has 5 heteroatoms. The van der Waals surface area contributed by atoms with E-state index >= 15 is 0 Å². The molecule has 2 aliphatic carbocycles. The maximum absolute atomic E-state index is 12.6. The first-order chi connectivity index (χ1) is 13.2. The molecule has 134 valence electrons. The van der Waals surface area contributed by atoms with Crippen LogP contribution in [0.1, 0.15) is 12.0 Å². The Hall–Kier alpha value is -2.66. The van der Waals surface area contributed by atoms with Crippen molar-refractivity contribution in [3.05, 3.63) is 72.3 Å². The molecule has 2 fully saturated rings. The van der Waals surface area contributed by atoms with Crippen LogP contribution < -0.4 is 0 Å². The lowest BCUT2D eigenvalue weighted by Gasteiger charge is -2.13. The van der Waals surface area contributed by atoms with E-state index in [4.69, 9.17) is 0 Å². The summed E-state index contributed by atoms with van der Waals surface area (Å²) in [5.74, 6) is -0.260. The summed E-state index contributed by atoms with van der Waals surface area (Å²) >= 11 is 1.69. The van der Waals surface area contributed by atoms with Gasteiger partial charge in [0.15, 0.2) is 0 Å². The quantitative estimate of drug-likeness (QED) is 0.462. The van der Waals surface area contributed by atoms with Crippen LogP contribution in [0.5, 0.6) is 0 Å². The molecule has 2 bridgehead atoms. The number of allylic oxidation sites excluding steroid dienone is 2. The van der Waals surface area contributed by atoms with Gasteiger partial charge in [0.2, 0.25) is 0 Å². The molecule has 1 saturated carbocycles. The van der Waals surface area contributed by atoms with Gasteiger partial charge in [-0.15, -0.1) is 0 Å². The Morgan fingerprint density at radius 2 is 1.44 bits per heavy atom. The Bertz CT molecular complexity index is 922. The topological polar surface area (TPSA) is 49.7 Å².